The number of hydrogen-bond acceptors (Lipinski definition) is 7. The lowest BCUT2D eigenvalue weighted by atomic mass is 9.96. The molecule has 178 valence electrons. The maximum atomic E-state index is 11.0. The SMILES string of the molecule is C=Cc1c(COc2nc(OC)c(CNCCNC(C)=O)c(OC)n2)cccc1-c1ccccc1. The van der Waals surface area contributed by atoms with Gasteiger partial charge in [-0.1, -0.05) is 61.2 Å². The highest BCUT2D eigenvalue weighted by atomic mass is 16.5. The van der Waals surface area contributed by atoms with E-state index in [0.29, 0.717) is 37.0 Å². The van der Waals surface area contributed by atoms with Crippen LogP contribution in [0.15, 0.2) is 55.1 Å². The Morgan fingerprint density at radius 3 is 2.32 bits per heavy atom. The van der Waals surface area contributed by atoms with E-state index < -0.39 is 0 Å². The van der Waals surface area contributed by atoms with Crippen LogP contribution >= 0.6 is 0 Å². The van der Waals surface area contributed by atoms with Crippen LogP contribution in [0.5, 0.6) is 17.8 Å². The molecule has 2 aromatic carbocycles. The number of ether oxygens (including phenoxy) is 3. The van der Waals surface area contributed by atoms with E-state index in [1.165, 1.54) is 21.1 Å². The van der Waals surface area contributed by atoms with Crippen LogP contribution in [0.4, 0.5) is 0 Å². The van der Waals surface area contributed by atoms with E-state index in [2.05, 4.69) is 45.4 Å². The predicted molar refractivity (Wildman–Crippen MR) is 132 cm³/mol. The first-order valence-corrected chi connectivity index (χ1v) is 10.9. The average Bonchev–Trinajstić information content (AvgIpc) is 2.87. The molecule has 2 N–H and O–H groups in total. The summed E-state index contributed by atoms with van der Waals surface area (Å²) in [5.74, 6) is 0.641. The number of nitrogens with one attached hydrogen (secondary N) is 2. The number of carbonyl (C=O) groups excluding carboxylic acids is 1. The first-order chi connectivity index (χ1) is 16.6. The van der Waals surface area contributed by atoms with Crippen LogP contribution in [0.3, 0.4) is 0 Å². The zero-order chi connectivity index (χ0) is 24.3. The molecule has 0 unspecified atom stereocenters. The van der Waals surface area contributed by atoms with E-state index in [9.17, 15) is 4.79 Å². The summed E-state index contributed by atoms with van der Waals surface area (Å²) in [5, 5.41) is 5.95. The summed E-state index contributed by atoms with van der Waals surface area (Å²) in [4.78, 5) is 19.8. The molecule has 0 spiro atoms. The van der Waals surface area contributed by atoms with Crippen molar-refractivity contribution >= 4 is 12.0 Å². The molecule has 0 atom stereocenters. The second kappa shape index (κ2) is 12.4. The van der Waals surface area contributed by atoms with Gasteiger partial charge in [0.1, 0.15) is 6.61 Å². The van der Waals surface area contributed by atoms with E-state index >= 15 is 0 Å². The van der Waals surface area contributed by atoms with Gasteiger partial charge in [0, 0.05) is 26.6 Å². The largest absolute Gasteiger partial charge is 0.481 e. The van der Waals surface area contributed by atoms with Crippen molar-refractivity contribution in [2.45, 2.75) is 20.1 Å². The van der Waals surface area contributed by atoms with Crippen LogP contribution < -0.4 is 24.8 Å². The Bertz CT molecular complexity index is 1090. The summed E-state index contributed by atoms with van der Waals surface area (Å²) in [6.45, 7) is 7.22. The Kier molecular flexibility index (Phi) is 8.99. The molecule has 3 rings (SSSR count). The van der Waals surface area contributed by atoms with Crippen molar-refractivity contribution in [1.82, 2.24) is 20.6 Å². The van der Waals surface area contributed by atoms with Crippen LogP contribution in [0.2, 0.25) is 0 Å². The number of methoxy groups -OCH3 is 2. The second-order valence-electron chi connectivity index (χ2n) is 7.40. The molecule has 0 aliphatic carbocycles. The minimum Gasteiger partial charge on any atom is -0.481 e. The standard InChI is InChI=1S/C26H30N4O4/c1-5-21-20(12-9-13-22(21)19-10-7-6-8-11-19)17-34-26-29-24(32-3)23(25(30-26)33-4)16-27-14-15-28-18(2)31/h5-13,27H,1,14-17H2,2-4H3,(H,28,31). The minimum atomic E-state index is -0.0734. The molecule has 0 aliphatic heterocycles. The van der Waals surface area contributed by atoms with Gasteiger partial charge in [0.2, 0.25) is 17.7 Å². The second-order valence-corrected chi connectivity index (χ2v) is 7.40. The fourth-order valence-corrected chi connectivity index (χ4v) is 3.51. The number of rotatable bonds is 12. The van der Waals surface area contributed by atoms with Crippen molar-refractivity contribution in [2.24, 2.45) is 0 Å². The molecule has 0 bridgehead atoms. The van der Waals surface area contributed by atoms with Crippen LogP contribution in [-0.4, -0.2) is 43.2 Å². The molecule has 0 saturated heterocycles. The number of benzene rings is 2. The number of aromatic nitrogens is 2. The quantitative estimate of drug-likeness (QED) is 0.397. The summed E-state index contributed by atoms with van der Waals surface area (Å²) in [7, 11) is 3.07. The van der Waals surface area contributed by atoms with Gasteiger partial charge in [-0.05, 0) is 22.3 Å². The van der Waals surface area contributed by atoms with Crippen LogP contribution in [0, 0.1) is 0 Å². The maximum absolute atomic E-state index is 11.0. The molecule has 1 aromatic heterocycles. The molecule has 0 fully saturated rings. The van der Waals surface area contributed by atoms with Crippen molar-refractivity contribution in [2.75, 3.05) is 27.3 Å². The first kappa shape index (κ1) is 24.7. The fraction of sp³-hybridized carbons (Fsp3) is 0.269. The average molecular weight is 463 g/mol. The third kappa shape index (κ3) is 6.32. The number of amides is 1. The molecule has 0 radical (unpaired) electrons. The predicted octanol–water partition coefficient (Wildman–Crippen LogP) is 3.61. The summed E-state index contributed by atoms with van der Waals surface area (Å²) < 4.78 is 16.9. The molecule has 34 heavy (non-hydrogen) atoms. The Hall–Kier alpha value is -3.91. The Labute approximate surface area is 200 Å². The van der Waals surface area contributed by atoms with Crippen LogP contribution in [0.1, 0.15) is 23.6 Å². The lowest BCUT2D eigenvalue weighted by Gasteiger charge is -2.15. The van der Waals surface area contributed by atoms with Crippen molar-refractivity contribution in [3.05, 3.63) is 71.8 Å². The van der Waals surface area contributed by atoms with Gasteiger partial charge in [0.15, 0.2) is 0 Å². The molecule has 8 heteroatoms. The molecule has 8 nitrogen and oxygen atoms in total. The highest BCUT2D eigenvalue weighted by molar-refractivity contribution is 5.76. The minimum absolute atomic E-state index is 0.0734. The normalized spacial score (nSPS) is 10.4. The molecule has 3 aromatic rings. The van der Waals surface area contributed by atoms with Gasteiger partial charge in [-0.25, -0.2) is 0 Å². The lowest BCUT2D eigenvalue weighted by molar-refractivity contribution is -0.118. The Morgan fingerprint density at radius 2 is 1.71 bits per heavy atom. The zero-order valence-corrected chi connectivity index (χ0v) is 19.8. The zero-order valence-electron chi connectivity index (χ0n) is 19.8. The molecular formula is C26H30N4O4. The number of nitrogens with zero attached hydrogens (tertiary/aromatic N) is 2. The van der Waals surface area contributed by atoms with Crippen LogP contribution in [-0.2, 0) is 17.9 Å². The summed E-state index contributed by atoms with van der Waals surface area (Å²) in [5.41, 5.74) is 4.80. The summed E-state index contributed by atoms with van der Waals surface area (Å²) >= 11 is 0. The highest BCUT2D eigenvalue weighted by Gasteiger charge is 2.17. The third-order valence-corrected chi connectivity index (χ3v) is 5.12. The Morgan fingerprint density at radius 1 is 1.00 bits per heavy atom. The molecular weight excluding hydrogens is 432 g/mol. The third-order valence-electron chi connectivity index (χ3n) is 5.12. The van der Waals surface area contributed by atoms with Crippen LogP contribution in [0.25, 0.3) is 17.2 Å². The smallest absolute Gasteiger partial charge is 0.323 e. The van der Waals surface area contributed by atoms with Gasteiger partial charge in [0.25, 0.3) is 0 Å². The van der Waals surface area contributed by atoms with Gasteiger partial charge in [-0.15, -0.1) is 0 Å². The highest BCUT2D eigenvalue weighted by Crippen LogP contribution is 2.30. The monoisotopic (exact) mass is 462 g/mol. The summed E-state index contributed by atoms with van der Waals surface area (Å²) in [6.07, 6.45) is 1.83. The van der Waals surface area contributed by atoms with E-state index in [-0.39, 0.29) is 18.5 Å². The summed E-state index contributed by atoms with van der Waals surface area (Å²) in [6, 6.07) is 16.3. The first-order valence-electron chi connectivity index (χ1n) is 10.9. The maximum Gasteiger partial charge on any atom is 0.323 e. The lowest BCUT2D eigenvalue weighted by Crippen LogP contribution is -2.30. The van der Waals surface area contributed by atoms with E-state index in [4.69, 9.17) is 14.2 Å². The Balaban J connectivity index is 1.76. The van der Waals surface area contributed by atoms with Crippen molar-refractivity contribution in [3.63, 3.8) is 0 Å². The topological polar surface area (TPSA) is 94.6 Å². The molecule has 1 heterocycles. The number of carbonyl (C=O) groups is 1. The van der Waals surface area contributed by atoms with Crippen molar-refractivity contribution in [3.8, 4) is 28.9 Å². The van der Waals surface area contributed by atoms with Gasteiger partial charge >= 0.3 is 6.01 Å². The number of hydrogen-bond donors (Lipinski definition) is 2. The molecule has 0 aliphatic rings. The molecule has 1 amide bonds. The molecule has 0 saturated carbocycles. The van der Waals surface area contributed by atoms with E-state index in [1.54, 1.807) is 0 Å². The van der Waals surface area contributed by atoms with E-state index in [1.807, 2.05) is 36.4 Å². The fourth-order valence-electron chi connectivity index (χ4n) is 3.51. The van der Waals surface area contributed by atoms with Gasteiger partial charge in [0.05, 0.1) is 19.8 Å². The van der Waals surface area contributed by atoms with Gasteiger partial charge in [-0.3, -0.25) is 4.79 Å². The van der Waals surface area contributed by atoms with Crippen molar-refractivity contribution in [1.29, 1.82) is 0 Å². The van der Waals surface area contributed by atoms with E-state index in [0.717, 1.165) is 22.3 Å². The van der Waals surface area contributed by atoms with Crippen molar-refractivity contribution < 1.29 is 19.0 Å². The van der Waals surface area contributed by atoms with Gasteiger partial charge < -0.3 is 24.8 Å². The van der Waals surface area contributed by atoms with Gasteiger partial charge in [-0.2, -0.15) is 9.97 Å².